The number of rotatable bonds is 2. The highest BCUT2D eigenvalue weighted by Gasteiger charge is 2.34. The van der Waals surface area contributed by atoms with E-state index in [2.05, 4.69) is 5.32 Å². The first-order chi connectivity index (χ1) is 10.1. The Bertz CT molecular complexity index is 639. The van der Waals surface area contributed by atoms with E-state index in [0.717, 1.165) is 17.4 Å². The van der Waals surface area contributed by atoms with Crippen molar-refractivity contribution in [1.82, 2.24) is 0 Å². The van der Waals surface area contributed by atoms with Crippen LogP contribution in [0.5, 0.6) is 5.75 Å². The number of ether oxygens (including phenoxy) is 1. The fourth-order valence-corrected chi connectivity index (χ4v) is 2.54. The van der Waals surface area contributed by atoms with Gasteiger partial charge in [-0.05, 0) is 18.2 Å². The Labute approximate surface area is 120 Å². The van der Waals surface area contributed by atoms with Crippen LogP contribution in [0.2, 0.25) is 0 Å². The number of alkyl halides is 3. The topological polar surface area (TPSA) is 21.3 Å². The lowest BCUT2D eigenvalue weighted by Gasteiger charge is -2.28. The van der Waals surface area contributed by atoms with Crippen molar-refractivity contribution in [1.29, 1.82) is 0 Å². The van der Waals surface area contributed by atoms with Crippen LogP contribution in [0, 0.1) is 0 Å². The van der Waals surface area contributed by atoms with Crippen LogP contribution in [0.25, 0.3) is 0 Å². The van der Waals surface area contributed by atoms with Gasteiger partial charge in [-0.1, -0.05) is 30.3 Å². The van der Waals surface area contributed by atoms with Crippen molar-refractivity contribution in [2.45, 2.75) is 18.6 Å². The second-order valence-electron chi connectivity index (χ2n) is 4.92. The molecular weight excluding hydrogens is 279 g/mol. The first-order valence-corrected chi connectivity index (χ1v) is 6.70. The van der Waals surface area contributed by atoms with Crippen LogP contribution in [-0.4, -0.2) is 6.61 Å². The van der Waals surface area contributed by atoms with E-state index in [4.69, 9.17) is 4.74 Å². The molecule has 21 heavy (non-hydrogen) atoms. The van der Waals surface area contributed by atoms with Crippen molar-refractivity contribution in [3.8, 4) is 5.75 Å². The highest BCUT2D eigenvalue weighted by atomic mass is 19.4. The fourth-order valence-electron chi connectivity index (χ4n) is 2.54. The van der Waals surface area contributed by atoms with Gasteiger partial charge in [0.25, 0.3) is 0 Å². The van der Waals surface area contributed by atoms with Gasteiger partial charge in [-0.2, -0.15) is 13.2 Å². The number of fused-ring (bicyclic) bond motifs is 1. The van der Waals surface area contributed by atoms with Crippen molar-refractivity contribution in [2.75, 3.05) is 11.9 Å². The Morgan fingerprint density at radius 2 is 1.71 bits per heavy atom. The van der Waals surface area contributed by atoms with Gasteiger partial charge in [0.1, 0.15) is 5.75 Å². The van der Waals surface area contributed by atoms with E-state index in [1.54, 1.807) is 6.07 Å². The Kier molecular flexibility index (Phi) is 3.49. The van der Waals surface area contributed by atoms with E-state index in [9.17, 15) is 13.2 Å². The Morgan fingerprint density at radius 1 is 1.00 bits per heavy atom. The minimum atomic E-state index is -4.37. The molecule has 0 bridgehead atoms. The third-order valence-corrected chi connectivity index (χ3v) is 3.52. The first kappa shape index (κ1) is 13.8. The quantitative estimate of drug-likeness (QED) is 0.871. The van der Waals surface area contributed by atoms with Crippen LogP contribution in [0.1, 0.15) is 23.6 Å². The second-order valence-corrected chi connectivity index (χ2v) is 4.92. The summed E-state index contributed by atoms with van der Waals surface area (Å²) in [5.74, 6) is 0.728. The minimum Gasteiger partial charge on any atom is -0.493 e. The zero-order chi connectivity index (χ0) is 14.9. The summed E-state index contributed by atoms with van der Waals surface area (Å²) in [6, 6.07) is 12.8. The minimum absolute atomic E-state index is 0.103. The van der Waals surface area contributed by atoms with Gasteiger partial charge < -0.3 is 10.1 Å². The van der Waals surface area contributed by atoms with Gasteiger partial charge in [-0.15, -0.1) is 0 Å². The normalized spacial score (nSPS) is 17.8. The maximum absolute atomic E-state index is 13.0. The number of halogens is 3. The summed E-state index contributed by atoms with van der Waals surface area (Å²) in [7, 11) is 0. The molecule has 0 fully saturated rings. The van der Waals surface area contributed by atoms with Crippen molar-refractivity contribution in [3.05, 3.63) is 59.7 Å². The molecule has 0 aliphatic carbocycles. The van der Waals surface area contributed by atoms with Gasteiger partial charge in [0.15, 0.2) is 0 Å². The van der Waals surface area contributed by atoms with Crippen LogP contribution in [0.3, 0.4) is 0 Å². The first-order valence-electron chi connectivity index (χ1n) is 6.70. The highest BCUT2D eigenvalue weighted by molar-refractivity contribution is 5.55. The van der Waals surface area contributed by atoms with Gasteiger partial charge in [0.05, 0.1) is 18.2 Å². The molecule has 5 heteroatoms. The summed E-state index contributed by atoms with van der Waals surface area (Å²) in [5, 5.41) is 3.01. The van der Waals surface area contributed by atoms with E-state index in [1.165, 1.54) is 12.1 Å². The Balaban J connectivity index is 1.92. The average molecular weight is 293 g/mol. The molecule has 1 atom stereocenters. The van der Waals surface area contributed by atoms with E-state index in [1.807, 2.05) is 24.3 Å². The van der Waals surface area contributed by atoms with Crippen LogP contribution >= 0.6 is 0 Å². The standard InChI is InChI=1S/C16H14F3NO/c17-16(18,19)12-6-2-3-7-14(12)20-13-9-10-21-15-8-4-1-5-11(13)15/h1-8,13,20H,9-10H2. The predicted octanol–water partition coefficient (Wildman–Crippen LogP) is 4.64. The highest BCUT2D eigenvalue weighted by Crippen LogP contribution is 2.39. The predicted molar refractivity (Wildman–Crippen MR) is 74.4 cm³/mol. The lowest BCUT2D eigenvalue weighted by molar-refractivity contribution is -0.137. The molecule has 0 aromatic heterocycles. The summed E-state index contributed by atoms with van der Waals surface area (Å²) < 4.78 is 44.6. The van der Waals surface area contributed by atoms with Gasteiger partial charge in [0.2, 0.25) is 0 Å². The Morgan fingerprint density at radius 3 is 2.52 bits per heavy atom. The molecule has 0 spiro atoms. The molecule has 2 nitrogen and oxygen atoms in total. The third kappa shape index (κ3) is 2.82. The summed E-state index contributed by atoms with van der Waals surface area (Å²) in [6.07, 6.45) is -3.74. The zero-order valence-corrected chi connectivity index (χ0v) is 11.2. The molecule has 0 radical (unpaired) electrons. The number of anilines is 1. The maximum atomic E-state index is 13.0. The number of nitrogens with one attached hydrogen (secondary N) is 1. The smallest absolute Gasteiger partial charge is 0.418 e. The molecule has 0 saturated heterocycles. The molecule has 1 aliphatic heterocycles. The van der Waals surface area contributed by atoms with Crippen molar-refractivity contribution >= 4 is 5.69 Å². The summed E-state index contributed by atoms with van der Waals surface area (Å²) in [6.45, 7) is 0.489. The van der Waals surface area contributed by atoms with E-state index < -0.39 is 11.7 Å². The lowest BCUT2D eigenvalue weighted by Crippen LogP contribution is -2.21. The van der Waals surface area contributed by atoms with E-state index >= 15 is 0 Å². The molecule has 0 saturated carbocycles. The van der Waals surface area contributed by atoms with Crippen molar-refractivity contribution < 1.29 is 17.9 Å². The number of para-hydroxylation sites is 2. The molecule has 2 aromatic rings. The molecule has 2 aromatic carbocycles. The summed E-state index contributed by atoms with van der Waals surface area (Å²) in [5.41, 5.74) is 0.349. The number of hydrogen-bond acceptors (Lipinski definition) is 2. The SMILES string of the molecule is FC(F)(F)c1ccccc1NC1CCOc2ccccc21. The largest absolute Gasteiger partial charge is 0.493 e. The van der Waals surface area contributed by atoms with Gasteiger partial charge in [0, 0.05) is 17.7 Å². The van der Waals surface area contributed by atoms with Gasteiger partial charge >= 0.3 is 6.18 Å². The number of hydrogen-bond donors (Lipinski definition) is 1. The van der Waals surface area contributed by atoms with Crippen LogP contribution in [0.15, 0.2) is 48.5 Å². The van der Waals surface area contributed by atoms with E-state index in [-0.39, 0.29) is 11.7 Å². The van der Waals surface area contributed by atoms with Crippen molar-refractivity contribution in [2.24, 2.45) is 0 Å². The molecule has 1 aliphatic rings. The van der Waals surface area contributed by atoms with E-state index in [0.29, 0.717) is 13.0 Å². The second kappa shape index (κ2) is 5.31. The average Bonchev–Trinajstić information content (AvgIpc) is 2.47. The fraction of sp³-hybridized carbons (Fsp3) is 0.250. The lowest BCUT2D eigenvalue weighted by atomic mass is 9.99. The summed E-state index contributed by atoms with van der Waals surface area (Å²) in [4.78, 5) is 0. The maximum Gasteiger partial charge on any atom is 0.418 e. The monoisotopic (exact) mass is 293 g/mol. The van der Waals surface area contributed by atoms with Crippen molar-refractivity contribution in [3.63, 3.8) is 0 Å². The van der Waals surface area contributed by atoms with Crippen LogP contribution in [0.4, 0.5) is 18.9 Å². The number of benzene rings is 2. The molecule has 3 rings (SSSR count). The zero-order valence-electron chi connectivity index (χ0n) is 11.2. The Hall–Kier alpha value is -2.17. The molecule has 1 heterocycles. The molecule has 0 amide bonds. The van der Waals surface area contributed by atoms with Crippen LogP contribution < -0.4 is 10.1 Å². The van der Waals surface area contributed by atoms with Gasteiger partial charge in [-0.3, -0.25) is 0 Å². The van der Waals surface area contributed by atoms with Crippen LogP contribution in [-0.2, 0) is 6.18 Å². The summed E-state index contributed by atoms with van der Waals surface area (Å²) >= 11 is 0. The molecule has 110 valence electrons. The van der Waals surface area contributed by atoms with Gasteiger partial charge in [-0.25, -0.2) is 0 Å². The molecular formula is C16H14F3NO. The molecule has 1 unspecified atom stereocenters. The molecule has 1 N–H and O–H groups in total. The third-order valence-electron chi connectivity index (χ3n) is 3.52.